The molecule has 4 heteroatoms. The second-order valence-electron chi connectivity index (χ2n) is 4.69. The van der Waals surface area contributed by atoms with Crippen molar-refractivity contribution in [1.82, 2.24) is 0 Å². The normalized spacial score (nSPS) is 10.2. The molecule has 0 aliphatic heterocycles. The monoisotopic (exact) mass is 287 g/mol. The van der Waals surface area contributed by atoms with Crippen LogP contribution >= 0.6 is 0 Å². The van der Waals surface area contributed by atoms with Gasteiger partial charge in [-0.15, -0.1) is 0 Å². The molecule has 0 radical (unpaired) electrons. The van der Waals surface area contributed by atoms with E-state index in [2.05, 4.69) is 5.32 Å². The third-order valence-corrected chi connectivity index (χ3v) is 2.92. The van der Waals surface area contributed by atoms with Crippen LogP contribution in [-0.2, 0) is 11.2 Å². The summed E-state index contributed by atoms with van der Waals surface area (Å²) in [5.41, 5.74) is 1.05. The Hall–Kier alpha value is -2.36. The number of rotatable bonds is 6. The molecule has 1 amide bonds. The third kappa shape index (κ3) is 4.60. The van der Waals surface area contributed by atoms with E-state index in [9.17, 15) is 9.18 Å². The van der Waals surface area contributed by atoms with Gasteiger partial charge in [0.05, 0.1) is 13.0 Å². The summed E-state index contributed by atoms with van der Waals surface area (Å²) < 4.78 is 18.9. The van der Waals surface area contributed by atoms with Gasteiger partial charge in [0.25, 0.3) is 0 Å². The fraction of sp³-hybridized carbons (Fsp3) is 0.235. The molecule has 0 saturated heterocycles. The molecule has 0 unspecified atom stereocenters. The lowest BCUT2D eigenvalue weighted by Gasteiger charge is -2.08. The van der Waals surface area contributed by atoms with Crippen LogP contribution in [0.1, 0.15) is 18.9 Å². The standard InChI is InChI=1S/C17H18FNO2/c1-2-11-21-15-9-7-14(8-10-15)19-17(20)12-13-5-3-4-6-16(13)18/h3-10H,2,11-12H2,1H3,(H,19,20). The average molecular weight is 287 g/mol. The van der Waals surface area contributed by atoms with Gasteiger partial charge < -0.3 is 10.1 Å². The first-order chi connectivity index (χ1) is 10.2. The topological polar surface area (TPSA) is 38.3 Å². The Morgan fingerprint density at radius 2 is 1.86 bits per heavy atom. The molecule has 0 aliphatic rings. The van der Waals surface area contributed by atoms with Gasteiger partial charge in [0.1, 0.15) is 11.6 Å². The Morgan fingerprint density at radius 3 is 2.52 bits per heavy atom. The molecule has 0 heterocycles. The highest BCUT2D eigenvalue weighted by atomic mass is 19.1. The zero-order chi connectivity index (χ0) is 15.1. The smallest absolute Gasteiger partial charge is 0.228 e. The molecule has 2 rings (SSSR count). The summed E-state index contributed by atoms with van der Waals surface area (Å²) >= 11 is 0. The van der Waals surface area contributed by atoms with Gasteiger partial charge in [0.15, 0.2) is 0 Å². The Labute approximate surface area is 123 Å². The van der Waals surface area contributed by atoms with E-state index < -0.39 is 0 Å². The molecule has 0 atom stereocenters. The van der Waals surface area contributed by atoms with Gasteiger partial charge in [-0.05, 0) is 42.3 Å². The summed E-state index contributed by atoms with van der Waals surface area (Å²) in [6, 6.07) is 13.4. The summed E-state index contributed by atoms with van der Waals surface area (Å²) in [5, 5.41) is 2.74. The first-order valence-corrected chi connectivity index (χ1v) is 6.95. The van der Waals surface area contributed by atoms with Crippen molar-refractivity contribution >= 4 is 11.6 Å². The largest absolute Gasteiger partial charge is 0.494 e. The van der Waals surface area contributed by atoms with Gasteiger partial charge in [0, 0.05) is 5.69 Å². The molecule has 0 bridgehead atoms. The minimum Gasteiger partial charge on any atom is -0.494 e. The highest BCUT2D eigenvalue weighted by molar-refractivity contribution is 5.92. The lowest BCUT2D eigenvalue weighted by Crippen LogP contribution is -2.15. The van der Waals surface area contributed by atoms with Crippen LogP contribution in [0.3, 0.4) is 0 Å². The van der Waals surface area contributed by atoms with E-state index in [-0.39, 0.29) is 18.1 Å². The Kier molecular flexibility index (Phi) is 5.32. The number of hydrogen-bond donors (Lipinski definition) is 1. The second-order valence-corrected chi connectivity index (χ2v) is 4.69. The van der Waals surface area contributed by atoms with E-state index >= 15 is 0 Å². The predicted molar refractivity (Wildman–Crippen MR) is 81.0 cm³/mol. The van der Waals surface area contributed by atoms with E-state index in [0.29, 0.717) is 17.9 Å². The van der Waals surface area contributed by atoms with Crippen LogP contribution in [-0.4, -0.2) is 12.5 Å². The SMILES string of the molecule is CCCOc1ccc(NC(=O)Cc2ccccc2F)cc1. The number of anilines is 1. The number of ether oxygens (including phenoxy) is 1. The van der Waals surface area contributed by atoms with E-state index in [1.54, 1.807) is 42.5 Å². The molecule has 0 saturated carbocycles. The van der Waals surface area contributed by atoms with Crippen LogP contribution in [0, 0.1) is 5.82 Å². The second kappa shape index (κ2) is 7.43. The maximum atomic E-state index is 13.5. The van der Waals surface area contributed by atoms with Crippen molar-refractivity contribution in [2.24, 2.45) is 0 Å². The molecule has 1 N–H and O–H groups in total. The van der Waals surface area contributed by atoms with Crippen molar-refractivity contribution in [3.8, 4) is 5.75 Å². The van der Waals surface area contributed by atoms with Crippen molar-refractivity contribution < 1.29 is 13.9 Å². The summed E-state index contributed by atoms with van der Waals surface area (Å²) in [7, 11) is 0. The van der Waals surface area contributed by atoms with Gasteiger partial charge >= 0.3 is 0 Å². The van der Waals surface area contributed by atoms with Crippen LogP contribution in [0.25, 0.3) is 0 Å². The molecule has 21 heavy (non-hydrogen) atoms. The molecule has 2 aromatic carbocycles. The quantitative estimate of drug-likeness (QED) is 0.877. The molecule has 0 aromatic heterocycles. The van der Waals surface area contributed by atoms with Gasteiger partial charge in [-0.3, -0.25) is 4.79 Å². The number of carbonyl (C=O) groups is 1. The Balaban J connectivity index is 1.92. The van der Waals surface area contributed by atoms with Crippen LogP contribution in [0.15, 0.2) is 48.5 Å². The summed E-state index contributed by atoms with van der Waals surface area (Å²) in [4.78, 5) is 11.9. The van der Waals surface area contributed by atoms with Crippen LogP contribution in [0.2, 0.25) is 0 Å². The maximum Gasteiger partial charge on any atom is 0.228 e. The van der Waals surface area contributed by atoms with E-state index in [1.807, 2.05) is 6.92 Å². The Bertz CT molecular complexity index is 596. The average Bonchev–Trinajstić information content (AvgIpc) is 2.49. The van der Waals surface area contributed by atoms with Crippen molar-refractivity contribution in [3.63, 3.8) is 0 Å². The van der Waals surface area contributed by atoms with E-state index in [1.165, 1.54) is 6.07 Å². The zero-order valence-electron chi connectivity index (χ0n) is 11.9. The van der Waals surface area contributed by atoms with E-state index in [4.69, 9.17) is 4.74 Å². The number of benzene rings is 2. The number of carbonyl (C=O) groups excluding carboxylic acids is 1. The molecule has 3 nitrogen and oxygen atoms in total. The number of halogens is 1. The molecule has 0 aliphatic carbocycles. The van der Waals surface area contributed by atoms with Gasteiger partial charge in [-0.2, -0.15) is 0 Å². The Morgan fingerprint density at radius 1 is 1.14 bits per heavy atom. The van der Waals surface area contributed by atoms with Crippen molar-refractivity contribution in [1.29, 1.82) is 0 Å². The van der Waals surface area contributed by atoms with Crippen molar-refractivity contribution in [2.75, 3.05) is 11.9 Å². The number of hydrogen-bond acceptors (Lipinski definition) is 2. The summed E-state index contributed by atoms with van der Waals surface area (Å²) in [6.07, 6.45) is 0.960. The van der Waals surface area contributed by atoms with E-state index in [0.717, 1.165) is 12.2 Å². The van der Waals surface area contributed by atoms with Crippen molar-refractivity contribution in [2.45, 2.75) is 19.8 Å². The van der Waals surface area contributed by atoms with Gasteiger partial charge in [0.2, 0.25) is 5.91 Å². The summed E-state index contributed by atoms with van der Waals surface area (Å²) in [5.74, 6) is 0.155. The predicted octanol–water partition coefficient (Wildman–Crippen LogP) is 3.80. The molecule has 0 fully saturated rings. The molecular formula is C17H18FNO2. The fourth-order valence-corrected chi connectivity index (χ4v) is 1.87. The number of amides is 1. The van der Waals surface area contributed by atoms with Gasteiger partial charge in [-0.25, -0.2) is 4.39 Å². The molecule has 2 aromatic rings. The zero-order valence-corrected chi connectivity index (χ0v) is 11.9. The molecular weight excluding hydrogens is 269 g/mol. The first kappa shape index (κ1) is 15.0. The number of nitrogens with one attached hydrogen (secondary N) is 1. The van der Waals surface area contributed by atoms with Crippen LogP contribution < -0.4 is 10.1 Å². The van der Waals surface area contributed by atoms with Crippen LogP contribution in [0.4, 0.5) is 10.1 Å². The third-order valence-electron chi connectivity index (χ3n) is 2.92. The lowest BCUT2D eigenvalue weighted by molar-refractivity contribution is -0.115. The lowest BCUT2D eigenvalue weighted by atomic mass is 10.1. The first-order valence-electron chi connectivity index (χ1n) is 6.95. The highest BCUT2D eigenvalue weighted by Gasteiger charge is 2.08. The van der Waals surface area contributed by atoms with Crippen LogP contribution in [0.5, 0.6) is 5.75 Å². The fourth-order valence-electron chi connectivity index (χ4n) is 1.87. The van der Waals surface area contributed by atoms with Gasteiger partial charge in [-0.1, -0.05) is 25.1 Å². The summed E-state index contributed by atoms with van der Waals surface area (Å²) in [6.45, 7) is 2.70. The maximum absolute atomic E-state index is 13.5. The van der Waals surface area contributed by atoms with Crippen molar-refractivity contribution in [3.05, 3.63) is 59.9 Å². The minimum atomic E-state index is -0.365. The molecule has 0 spiro atoms. The minimum absolute atomic E-state index is 0.0146. The molecule has 110 valence electrons. The highest BCUT2D eigenvalue weighted by Crippen LogP contribution is 2.16.